The van der Waals surface area contributed by atoms with Crippen LogP contribution in [-0.4, -0.2) is 57.4 Å². The smallest absolute Gasteiger partial charge is 0.166 e. The molecule has 1 aromatic carbocycles. The molecule has 2 saturated heterocycles. The molecule has 1 aromatic heterocycles. The summed E-state index contributed by atoms with van der Waals surface area (Å²) >= 11 is 8.15. The standard InChI is InChI=1S/C17H25N4PS2/c23-22(20-9-3-4-10-20,21-11-5-6-12-21)13-14-24-17-18-15-7-1-2-8-16(15)19-17/h1-2,7-8H,3-6,9-14H2,(H,18,19). The number of aromatic nitrogens is 2. The van der Waals surface area contributed by atoms with Crippen LogP contribution in [0.25, 0.3) is 11.0 Å². The monoisotopic (exact) mass is 380 g/mol. The molecule has 24 heavy (non-hydrogen) atoms. The molecule has 0 unspecified atom stereocenters. The van der Waals surface area contributed by atoms with Gasteiger partial charge in [0.25, 0.3) is 0 Å². The number of thioether (sulfide) groups is 1. The van der Waals surface area contributed by atoms with E-state index in [9.17, 15) is 0 Å². The van der Waals surface area contributed by atoms with E-state index in [-0.39, 0.29) is 0 Å². The summed E-state index contributed by atoms with van der Waals surface area (Å²) in [6.45, 7) is 4.85. The highest BCUT2D eigenvalue weighted by Crippen LogP contribution is 2.56. The second-order valence-corrected chi connectivity index (χ2v) is 12.4. The van der Waals surface area contributed by atoms with Crippen LogP contribution in [0.15, 0.2) is 29.4 Å². The summed E-state index contributed by atoms with van der Waals surface area (Å²) in [7, 11) is 0. The minimum atomic E-state index is -1.55. The molecule has 0 atom stereocenters. The van der Waals surface area contributed by atoms with Crippen molar-refractivity contribution in [1.29, 1.82) is 0 Å². The molecule has 2 aromatic rings. The number of para-hydroxylation sites is 2. The molecule has 0 spiro atoms. The van der Waals surface area contributed by atoms with Crippen molar-refractivity contribution in [1.82, 2.24) is 19.3 Å². The number of aromatic amines is 1. The van der Waals surface area contributed by atoms with Gasteiger partial charge in [0, 0.05) is 38.1 Å². The van der Waals surface area contributed by atoms with Gasteiger partial charge in [-0.15, -0.1) is 0 Å². The predicted molar refractivity (Wildman–Crippen MR) is 108 cm³/mol. The zero-order valence-electron chi connectivity index (χ0n) is 14.0. The van der Waals surface area contributed by atoms with E-state index in [2.05, 4.69) is 37.5 Å². The summed E-state index contributed by atoms with van der Waals surface area (Å²) in [5.74, 6) is 1.06. The molecule has 2 fully saturated rings. The van der Waals surface area contributed by atoms with Crippen molar-refractivity contribution in [3.63, 3.8) is 0 Å². The Morgan fingerprint density at radius 2 is 1.67 bits per heavy atom. The van der Waals surface area contributed by atoms with Gasteiger partial charge >= 0.3 is 0 Å². The highest BCUT2D eigenvalue weighted by molar-refractivity contribution is 8.12. The van der Waals surface area contributed by atoms with Gasteiger partial charge in [-0.3, -0.25) is 9.34 Å². The molecule has 4 rings (SSSR count). The fourth-order valence-electron chi connectivity index (χ4n) is 3.75. The summed E-state index contributed by atoms with van der Waals surface area (Å²) in [4.78, 5) is 8.11. The first-order chi connectivity index (χ1) is 11.8. The summed E-state index contributed by atoms with van der Waals surface area (Å²) in [5.41, 5.74) is 2.18. The van der Waals surface area contributed by atoms with Crippen molar-refractivity contribution >= 4 is 40.9 Å². The Morgan fingerprint density at radius 1 is 1.04 bits per heavy atom. The number of nitrogens with one attached hydrogen (secondary N) is 1. The second-order valence-electron chi connectivity index (χ2n) is 6.62. The molecule has 3 heterocycles. The summed E-state index contributed by atoms with van der Waals surface area (Å²) < 4.78 is 5.32. The Hall–Kier alpha value is -0.390. The number of benzene rings is 1. The number of imidazole rings is 1. The van der Waals surface area contributed by atoms with Crippen LogP contribution < -0.4 is 0 Å². The van der Waals surface area contributed by atoms with Gasteiger partial charge in [0.1, 0.15) is 0 Å². The van der Waals surface area contributed by atoms with Crippen LogP contribution in [0.3, 0.4) is 0 Å². The summed E-state index contributed by atoms with van der Waals surface area (Å²) in [6.07, 6.45) is 4.87. The molecule has 0 aliphatic carbocycles. The first-order valence-corrected chi connectivity index (χ1v) is 12.8. The Morgan fingerprint density at radius 3 is 2.29 bits per heavy atom. The van der Waals surface area contributed by atoms with Crippen LogP contribution in [0.1, 0.15) is 25.7 Å². The van der Waals surface area contributed by atoms with Crippen LogP contribution in [0.5, 0.6) is 0 Å². The van der Waals surface area contributed by atoms with Gasteiger partial charge < -0.3 is 4.98 Å². The van der Waals surface area contributed by atoms with Crippen LogP contribution in [0, 0.1) is 0 Å². The molecule has 0 bridgehead atoms. The van der Waals surface area contributed by atoms with E-state index in [1.54, 1.807) is 0 Å². The number of fused-ring (bicyclic) bond motifs is 1. The van der Waals surface area contributed by atoms with Gasteiger partial charge in [-0.25, -0.2) is 4.98 Å². The van der Waals surface area contributed by atoms with Crippen molar-refractivity contribution in [3.8, 4) is 0 Å². The van der Waals surface area contributed by atoms with Crippen molar-refractivity contribution < 1.29 is 0 Å². The minimum absolute atomic E-state index is 1.03. The van der Waals surface area contributed by atoms with E-state index >= 15 is 0 Å². The van der Waals surface area contributed by atoms with Crippen molar-refractivity contribution in [3.05, 3.63) is 24.3 Å². The van der Waals surface area contributed by atoms with Crippen LogP contribution >= 0.6 is 18.1 Å². The molecule has 1 N–H and O–H groups in total. The highest BCUT2D eigenvalue weighted by atomic mass is 32.4. The molecule has 0 radical (unpaired) electrons. The van der Waals surface area contributed by atoms with E-state index in [1.165, 1.54) is 51.9 Å². The number of rotatable bonds is 6. The zero-order chi connectivity index (χ0) is 16.4. The second kappa shape index (κ2) is 7.46. The number of H-pyrrole nitrogens is 1. The zero-order valence-corrected chi connectivity index (χ0v) is 16.5. The molecule has 2 aliphatic rings. The van der Waals surface area contributed by atoms with Gasteiger partial charge in [-0.05, 0) is 37.8 Å². The molecule has 7 heteroatoms. The lowest BCUT2D eigenvalue weighted by Gasteiger charge is -2.39. The minimum Gasteiger partial charge on any atom is -0.333 e. The maximum atomic E-state index is 6.32. The molecular formula is C17H25N4PS2. The lowest BCUT2D eigenvalue weighted by atomic mass is 10.3. The third-order valence-electron chi connectivity index (χ3n) is 5.04. The first kappa shape index (κ1) is 17.0. The largest absolute Gasteiger partial charge is 0.333 e. The average molecular weight is 381 g/mol. The van der Waals surface area contributed by atoms with Gasteiger partial charge in [-0.2, -0.15) is 0 Å². The van der Waals surface area contributed by atoms with Crippen molar-refractivity contribution in [2.75, 3.05) is 38.1 Å². The Bertz CT molecular complexity index is 682. The van der Waals surface area contributed by atoms with Gasteiger partial charge in [-0.1, -0.05) is 35.7 Å². The Labute approximate surface area is 153 Å². The third-order valence-corrected chi connectivity index (χ3v) is 11.5. The topological polar surface area (TPSA) is 35.2 Å². The number of hydrogen-bond donors (Lipinski definition) is 1. The predicted octanol–water partition coefficient (Wildman–Crippen LogP) is 4.16. The first-order valence-electron chi connectivity index (χ1n) is 8.93. The van der Waals surface area contributed by atoms with Crippen LogP contribution in [0.4, 0.5) is 0 Å². The third kappa shape index (κ3) is 3.45. The van der Waals surface area contributed by atoms with Crippen molar-refractivity contribution in [2.24, 2.45) is 0 Å². The summed E-state index contributed by atoms with van der Waals surface area (Å²) in [5, 5.41) is 1.03. The lowest BCUT2D eigenvalue weighted by molar-refractivity contribution is 0.472. The van der Waals surface area contributed by atoms with Crippen LogP contribution in [0.2, 0.25) is 0 Å². The van der Waals surface area contributed by atoms with E-state index in [0.717, 1.165) is 28.1 Å². The van der Waals surface area contributed by atoms with E-state index in [0.29, 0.717) is 0 Å². The van der Waals surface area contributed by atoms with Gasteiger partial charge in [0.2, 0.25) is 0 Å². The molecular weight excluding hydrogens is 355 g/mol. The van der Waals surface area contributed by atoms with Crippen LogP contribution in [-0.2, 0) is 11.8 Å². The molecule has 0 saturated carbocycles. The molecule has 4 nitrogen and oxygen atoms in total. The molecule has 130 valence electrons. The fraction of sp³-hybridized carbons (Fsp3) is 0.588. The highest BCUT2D eigenvalue weighted by Gasteiger charge is 2.35. The maximum Gasteiger partial charge on any atom is 0.166 e. The lowest BCUT2D eigenvalue weighted by Crippen LogP contribution is -2.30. The van der Waals surface area contributed by atoms with Crippen molar-refractivity contribution in [2.45, 2.75) is 30.8 Å². The Balaban J connectivity index is 1.43. The quantitative estimate of drug-likeness (QED) is 0.601. The SMILES string of the molecule is S=P(CCSc1nc2ccccc2[nH]1)(N1CCCC1)N1CCCC1. The normalized spacial score (nSPS) is 20.3. The fourth-order valence-corrected chi connectivity index (χ4v) is 9.99. The number of hydrogen-bond acceptors (Lipinski definition) is 3. The summed E-state index contributed by atoms with van der Waals surface area (Å²) in [6, 6.07) is 8.24. The van der Waals surface area contributed by atoms with E-state index in [1.807, 2.05) is 17.8 Å². The maximum absolute atomic E-state index is 6.32. The van der Waals surface area contributed by atoms with Gasteiger partial charge in [0.05, 0.1) is 17.4 Å². The van der Waals surface area contributed by atoms with E-state index < -0.39 is 6.34 Å². The number of nitrogens with zero attached hydrogens (tertiary/aromatic N) is 3. The molecule has 2 aliphatic heterocycles. The Kier molecular flexibility index (Phi) is 5.30. The average Bonchev–Trinajstić information content (AvgIpc) is 3.34. The van der Waals surface area contributed by atoms with Gasteiger partial charge in [0.15, 0.2) is 5.16 Å². The molecule has 0 amide bonds. The van der Waals surface area contributed by atoms with E-state index in [4.69, 9.17) is 11.8 Å².